The minimum atomic E-state index is -0.444. The summed E-state index contributed by atoms with van der Waals surface area (Å²) in [7, 11) is 0. The minimum Gasteiger partial charge on any atom is -0.390 e. The molecule has 0 spiro atoms. The standard InChI is InChI=1S/C28H35FN4O/c1-2-3-16-33-17-13-23-22-7-4-5-8-24(22)31-27(23)28(33)20-9-11-21(12-10-20)30-25-18-32(15-6-14-29)19-26(25)34/h2,4-5,7-12,25-26,28,30-31,34H,1,3,6,13-19H2/t25-,26-,28-/m1/s1. The lowest BCUT2D eigenvalue weighted by Crippen LogP contribution is -2.36. The topological polar surface area (TPSA) is 54.5 Å². The number of benzene rings is 2. The molecule has 3 atom stereocenters. The lowest BCUT2D eigenvalue weighted by molar-refractivity contribution is 0.168. The Morgan fingerprint density at radius 3 is 2.74 bits per heavy atom. The quantitative estimate of drug-likeness (QED) is 0.410. The number of hydrogen-bond acceptors (Lipinski definition) is 4. The average Bonchev–Trinajstić information content (AvgIpc) is 3.41. The molecule has 0 unspecified atom stereocenters. The van der Waals surface area contributed by atoms with Gasteiger partial charge in [-0.3, -0.25) is 14.2 Å². The minimum absolute atomic E-state index is 0.0375. The van der Waals surface area contributed by atoms with Crippen LogP contribution in [0.3, 0.4) is 0 Å². The van der Waals surface area contributed by atoms with Gasteiger partial charge in [0.25, 0.3) is 0 Å². The van der Waals surface area contributed by atoms with Gasteiger partial charge in [0.05, 0.1) is 24.9 Å². The number of halogens is 1. The molecule has 2 aliphatic heterocycles. The molecule has 6 heteroatoms. The molecule has 2 aliphatic rings. The van der Waals surface area contributed by atoms with Crippen LogP contribution in [0.15, 0.2) is 61.2 Å². The zero-order chi connectivity index (χ0) is 23.5. The Morgan fingerprint density at radius 2 is 1.94 bits per heavy atom. The van der Waals surface area contributed by atoms with Crippen molar-refractivity contribution < 1.29 is 9.50 Å². The monoisotopic (exact) mass is 462 g/mol. The summed E-state index contributed by atoms with van der Waals surface area (Å²) in [6.07, 6.45) is 4.08. The Bertz CT molecular complexity index is 1110. The van der Waals surface area contributed by atoms with Crippen LogP contribution in [-0.2, 0) is 6.42 Å². The number of anilines is 1. The van der Waals surface area contributed by atoms with Crippen molar-refractivity contribution in [2.45, 2.75) is 37.5 Å². The van der Waals surface area contributed by atoms with E-state index in [-0.39, 0.29) is 18.8 Å². The van der Waals surface area contributed by atoms with Crippen LogP contribution in [0, 0.1) is 0 Å². The van der Waals surface area contributed by atoms with Crippen LogP contribution in [0.25, 0.3) is 10.9 Å². The highest BCUT2D eigenvalue weighted by Crippen LogP contribution is 2.38. The van der Waals surface area contributed by atoms with Gasteiger partial charge in [-0.25, -0.2) is 0 Å². The van der Waals surface area contributed by atoms with Gasteiger partial charge in [-0.1, -0.05) is 36.4 Å². The maximum absolute atomic E-state index is 12.5. The highest BCUT2D eigenvalue weighted by molar-refractivity contribution is 5.85. The molecule has 1 fully saturated rings. The van der Waals surface area contributed by atoms with E-state index in [1.807, 2.05) is 6.08 Å². The first-order chi connectivity index (χ1) is 16.7. The van der Waals surface area contributed by atoms with Crippen molar-refractivity contribution in [3.8, 4) is 0 Å². The molecular weight excluding hydrogens is 427 g/mol. The van der Waals surface area contributed by atoms with Gasteiger partial charge < -0.3 is 15.4 Å². The molecule has 0 bridgehead atoms. The number of fused-ring (bicyclic) bond motifs is 3. The number of hydrogen-bond donors (Lipinski definition) is 3. The number of aromatic amines is 1. The second kappa shape index (κ2) is 10.3. The van der Waals surface area contributed by atoms with E-state index in [0.717, 1.165) is 38.2 Å². The Hall–Kier alpha value is -2.67. The number of nitrogens with zero attached hydrogens (tertiary/aromatic N) is 2. The molecule has 0 aliphatic carbocycles. The van der Waals surface area contributed by atoms with E-state index in [0.29, 0.717) is 19.5 Å². The van der Waals surface area contributed by atoms with Crippen molar-refractivity contribution >= 4 is 16.6 Å². The Labute approximate surface area is 201 Å². The molecule has 34 heavy (non-hydrogen) atoms. The summed E-state index contributed by atoms with van der Waals surface area (Å²) in [6.45, 7) is 7.64. The van der Waals surface area contributed by atoms with E-state index in [2.05, 4.69) is 75.2 Å². The van der Waals surface area contributed by atoms with Crippen LogP contribution in [0.4, 0.5) is 10.1 Å². The predicted octanol–water partition coefficient (Wildman–Crippen LogP) is 4.51. The van der Waals surface area contributed by atoms with E-state index >= 15 is 0 Å². The van der Waals surface area contributed by atoms with E-state index in [9.17, 15) is 9.50 Å². The first-order valence-electron chi connectivity index (χ1n) is 12.4. The Balaban J connectivity index is 1.37. The zero-order valence-corrected chi connectivity index (χ0v) is 19.7. The fourth-order valence-corrected chi connectivity index (χ4v) is 5.62. The van der Waals surface area contributed by atoms with Crippen LogP contribution < -0.4 is 5.32 Å². The van der Waals surface area contributed by atoms with Crippen molar-refractivity contribution in [1.29, 1.82) is 0 Å². The van der Waals surface area contributed by atoms with Crippen molar-refractivity contribution in [3.63, 3.8) is 0 Å². The highest BCUT2D eigenvalue weighted by Gasteiger charge is 2.32. The van der Waals surface area contributed by atoms with Gasteiger partial charge in [-0.15, -0.1) is 6.58 Å². The van der Waals surface area contributed by atoms with Crippen molar-refractivity contribution in [2.75, 3.05) is 44.7 Å². The smallest absolute Gasteiger partial charge is 0.0906 e. The van der Waals surface area contributed by atoms with Crippen molar-refractivity contribution in [3.05, 3.63) is 78.0 Å². The third kappa shape index (κ3) is 4.63. The number of para-hydroxylation sites is 1. The van der Waals surface area contributed by atoms with Gasteiger partial charge >= 0.3 is 0 Å². The number of rotatable bonds is 9. The predicted molar refractivity (Wildman–Crippen MR) is 137 cm³/mol. The van der Waals surface area contributed by atoms with Gasteiger partial charge in [0, 0.05) is 55.0 Å². The van der Waals surface area contributed by atoms with Gasteiger partial charge in [-0.05, 0) is 48.6 Å². The fourth-order valence-electron chi connectivity index (χ4n) is 5.62. The van der Waals surface area contributed by atoms with E-state index < -0.39 is 6.10 Å². The third-order valence-corrected chi connectivity index (χ3v) is 7.31. The van der Waals surface area contributed by atoms with Crippen LogP contribution in [0.1, 0.15) is 35.7 Å². The molecule has 3 aromatic rings. The molecule has 5 rings (SSSR count). The molecule has 5 nitrogen and oxygen atoms in total. The molecule has 3 heterocycles. The fraction of sp³-hybridized carbons (Fsp3) is 0.429. The largest absolute Gasteiger partial charge is 0.390 e. The summed E-state index contributed by atoms with van der Waals surface area (Å²) in [5.41, 5.74) is 6.20. The molecular formula is C28H35FN4O. The summed E-state index contributed by atoms with van der Waals surface area (Å²) in [6, 6.07) is 17.4. The van der Waals surface area contributed by atoms with Gasteiger partial charge in [0.1, 0.15) is 0 Å². The number of H-pyrrole nitrogens is 1. The van der Waals surface area contributed by atoms with Crippen LogP contribution in [-0.4, -0.2) is 71.4 Å². The molecule has 1 aromatic heterocycles. The maximum atomic E-state index is 12.5. The van der Waals surface area contributed by atoms with Gasteiger partial charge in [0.15, 0.2) is 0 Å². The number of aliphatic hydroxyl groups is 1. The average molecular weight is 463 g/mol. The number of aliphatic hydroxyl groups excluding tert-OH is 1. The van der Waals surface area contributed by atoms with Crippen molar-refractivity contribution in [1.82, 2.24) is 14.8 Å². The SMILES string of the molecule is C=CCCN1CCc2c([nH]c3ccccc23)[C@H]1c1ccc(N[C@@H]2CN(CCCF)C[C@H]2O)cc1. The first kappa shape index (κ1) is 23.1. The first-order valence-corrected chi connectivity index (χ1v) is 12.4. The van der Waals surface area contributed by atoms with Gasteiger partial charge in [0.2, 0.25) is 0 Å². The molecule has 180 valence electrons. The van der Waals surface area contributed by atoms with Crippen LogP contribution in [0.5, 0.6) is 0 Å². The third-order valence-electron chi connectivity index (χ3n) is 7.31. The molecule has 0 saturated carbocycles. The summed E-state index contributed by atoms with van der Waals surface area (Å²) < 4.78 is 12.5. The maximum Gasteiger partial charge on any atom is 0.0906 e. The number of alkyl halides is 1. The number of aromatic nitrogens is 1. The van der Waals surface area contributed by atoms with E-state index in [1.54, 1.807) is 0 Å². The van der Waals surface area contributed by atoms with E-state index in [4.69, 9.17) is 0 Å². The number of likely N-dealkylation sites (tertiary alicyclic amines) is 1. The Kier molecular flexibility index (Phi) is 6.99. The second-order valence-corrected chi connectivity index (χ2v) is 9.57. The summed E-state index contributed by atoms with van der Waals surface area (Å²) in [4.78, 5) is 8.40. The number of nitrogens with one attached hydrogen (secondary N) is 2. The van der Waals surface area contributed by atoms with Crippen LogP contribution >= 0.6 is 0 Å². The van der Waals surface area contributed by atoms with Gasteiger partial charge in [-0.2, -0.15) is 0 Å². The highest BCUT2D eigenvalue weighted by atomic mass is 19.1. The molecule has 0 radical (unpaired) electrons. The van der Waals surface area contributed by atoms with E-state index in [1.165, 1.54) is 27.7 Å². The zero-order valence-electron chi connectivity index (χ0n) is 19.7. The second-order valence-electron chi connectivity index (χ2n) is 9.57. The molecule has 1 saturated heterocycles. The lowest BCUT2D eigenvalue weighted by atomic mass is 9.92. The number of β-amino-alcohol motifs (C(OH)–C–C–N with tert-alkyl or cyclic N) is 1. The summed E-state index contributed by atoms with van der Waals surface area (Å²) in [5, 5.41) is 15.3. The van der Waals surface area contributed by atoms with Crippen molar-refractivity contribution in [2.24, 2.45) is 0 Å². The Morgan fingerprint density at radius 1 is 1.12 bits per heavy atom. The normalized spacial score (nSPS) is 23.3. The summed E-state index contributed by atoms with van der Waals surface area (Å²) in [5.74, 6) is 0. The molecule has 0 amide bonds. The lowest BCUT2D eigenvalue weighted by Gasteiger charge is -2.36. The summed E-state index contributed by atoms with van der Waals surface area (Å²) >= 11 is 0. The molecule has 2 aromatic carbocycles. The molecule has 3 N–H and O–H groups in total. The van der Waals surface area contributed by atoms with Crippen LogP contribution in [0.2, 0.25) is 0 Å².